The molecule has 0 amide bonds. The SMILES string of the molecule is CC(=O)CC#N.CC(=O)CC(C)=O.CC(C)(C)c1ccc(S(=O)(=O)Cl)cc1F.Cc1cc(N)n(-c2ccc(Br)c3ncccc23)n1.Cc1cc(NS(=O)(=O)c2ccc(C(C)(C)C)c(F)c2)n(-c2ccc(Br)c3ncccc23)n1.Cc1cc(NS(=O)(=O)c2ccc(C(C)(C)C)c(F)c2)n(-c2ccc(N)c3ncccc23)n1.NNc1ccc(Br)c2ncccc12.Nc1ccc(Br)c2ncccc12. The molecule has 8 aromatic heterocycles. The second-order valence-corrected chi connectivity index (χ2v) is 42.8. The van der Waals surface area contributed by atoms with Crippen LogP contribution in [-0.2, 0) is 59.7 Å². The highest BCUT2D eigenvalue weighted by Gasteiger charge is 2.28. The number of fused-ring (bicyclic) bond motifs is 5. The first-order chi connectivity index (χ1) is 63.2. The number of nitriles is 1. The van der Waals surface area contributed by atoms with E-state index in [1.165, 1.54) is 66.5 Å². The maximum Gasteiger partial charge on any atom is 0.263 e. The van der Waals surface area contributed by atoms with Gasteiger partial charge in [0.25, 0.3) is 29.1 Å². The van der Waals surface area contributed by atoms with Gasteiger partial charge in [-0.3, -0.25) is 54.6 Å². The van der Waals surface area contributed by atoms with Crippen LogP contribution in [0.5, 0.6) is 0 Å². The number of aromatic nitrogens is 11. The average Bonchev–Trinajstić information content (AvgIpc) is 1.68. The Labute approximate surface area is 818 Å². The molecule has 0 atom stereocenters. The first kappa shape index (κ1) is 106. The molecule has 0 unspecified atom stereocenters. The molecule has 16 rings (SSSR count). The number of nitrogens with two attached hydrogens (primary N) is 4. The number of nitrogens with zero attached hydrogens (tertiary/aromatic N) is 12. The summed E-state index contributed by atoms with van der Waals surface area (Å²) in [6, 6.07) is 56.0. The molecule has 0 fully saturated rings. The minimum absolute atomic E-state index is 0.0417. The van der Waals surface area contributed by atoms with Crippen molar-refractivity contribution in [3.63, 3.8) is 0 Å². The summed E-state index contributed by atoms with van der Waals surface area (Å²) in [7, 11) is -6.87. The zero-order chi connectivity index (χ0) is 99.7. The summed E-state index contributed by atoms with van der Waals surface area (Å²) in [6.45, 7) is 26.4. The average molecular weight is 2170 g/mol. The third-order valence-electron chi connectivity index (χ3n) is 19.5. The van der Waals surface area contributed by atoms with Crippen molar-refractivity contribution in [1.82, 2.24) is 54.3 Å². The minimum atomic E-state index is -4.07. The molecule has 16 aromatic rings. The van der Waals surface area contributed by atoms with Crippen molar-refractivity contribution in [2.24, 2.45) is 5.84 Å². The van der Waals surface area contributed by atoms with Crippen molar-refractivity contribution >= 4 is 210 Å². The van der Waals surface area contributed by atoms with E-state index in [4.69, 9.17) is 39.0 Å². The Hall–Kier alpha value is -12.5. The van der Waals surface area contributed by atoms with Crippen molar-refractivity contribution in [3.8, 4) is 23.1 Å². The molecule has 704 valence electrons. The summed E-state index contributed by atoms with van der Waals surface area (Å²) in [4.78, 5) is 50.9. The quantitative estimate of drug-likeness (QED) is 0.0175. The number of carbonyl (C=O) groups excluding carboxylic acids is 3. The molecule has 135 heavy (non-hydrogen) atoms. The lowest BCUT2D eigenvalue weighted by atomic mass is 9.87. The van der Waals surface area contributed by atoms with Crippen LogP contribution in [-0.4, -0.2) is 96.9 Å². The van der Waals surface area contributed by atoms with Gasteiger partial charge in [0.15, 0.2) is 0 Å². The molecule has 0 saturated heterocycles. The van der Waals surface area contributed by atoms with Gasteiger partial charge in [0.05, 0.1) is 107 Å². The van der Waals surface area contributed by atoms with Gasteiger partial charge in [-0.15, -0.1) is 0 Å². The van der Waals surface area contributed by atoms with Crippen molar-refractivity contribution in [3.05, 3.63) is 294 Å². The van der Waals surface area contributed by atoms with Gasteiger partial charge in [0.2, 0.25) is 0 Å². The number of Topliss-reactive ketones (excluding diaryl/α,β-unsaturated/α-hetero) is 3. The van der Waals surface area contributed by atoms with Crippen LogP contribution in [0, 0.1) is 49.6 Å². The van der Waals surface area contributed by atoms with E-state index in [-0.39, 0.29) is 61.9 Å². The summed E-state index contributed by atoms with van der Waals surface area (Å²) < 4.78 is 131. The third-order valence-corrected chi connectivity index (χ3v) is 26.1. The zero-order valence-electron chi connectivity index (χ0n) is 75.9. The topological polar surface area (TPSA) is 435 Å². The number of anilines is 6. The number of carbonyl (C=O) groups is 3. The molecule has 0 bridgehead atoms. The standard InChI is InChI=1S/C23H22BrFN4O2S.C23H24FN5O2S.C13H11BrN4.C10H12ClFO2S.C9H8BrN3.C9H7BrN2.C5H8O2.C4H5NO/c1-14-12-21(28-32(30,31)15-7-8-17(19(25)13-15)23(2,3)4)29(27-14)20-10-9-18(24)22-16(20)6-5-11-26-22;1-14-12-21(28-32(30,31)15-7-8-17(18(24)13-15)23(2,3)4)29(27-14)20-10-9-19(25)22-16(20)6-5-11-26-22;1-8-7-12(15)18(17-8)11-5-4-10(14)13-9(11)3-2-6-16-13;1-10(2,3)8-5-4-7(6-9(8)12)15(11,13)14;10-7-3-4-8(13-11)6-2-1-5-12-9(6)7;10-7-3-4-8(11)6-2-1-5-12-9(6)7;1-4(6)3-5(2)7;1-4(6)2-3-5/h5-13,28H,1-4H3;5-13,28H,25H2,1-4H3;2-7H,15H2,1H3;4-6H,1-3H3;1-5,13H,11H2;1-5H,11H2;3H2,1-2H3;2H2,1H3. The van der Waals surface area contributed by atoms with Gasteiger partial charge in [-0.2, -0.15) is 20.6 Å². The predicted octanol–water partition coefficient (Wildman–Crippen LogP) is 22.3. The Balaban J connectivity index is 0.000000183. The maximum absolute atomic E-state index is 14.7. The number of nitrogen functional groups attached to an aromatic ring is 4. The molecular formula is C96H97Br4ClF3N19O9S3. The van der Waals surface area contributed by atoms with E-state index in [1.807, 2.05) is 172 Å². The Morgan fingerprint density at radius 3 is 1.07 bits per heavy atom. The normalized spacial score (nSPS) is 11.4. The van der Waals surface area contributed by atoms with Crippen LogP contribution >= 0.6 is 74.4 Å². The number of hydrogen-bond donors (Lipinski definition) is 7. The number of sulfonamides is 2. The van der Waals surface area contributed by atoms with Gasteiger partial charge < -0.3 is 22.6 Å². The largest absolute Gasteiger partial charge is 0.398 e. The number of rotatable bonds is 14. The van der Waals surface area contributed by atoms with Crippen molar-refractivity contribution in [2.75, 3.05) is 32.1 Å². The van der Waals surface area contributed by atoms with E-state index in [1.54, 1.807) is 92.0 Å². The van der Waals surface area contributed by atoms with Gasteiger partial charge >= 0.3 is 0 Å². The molecule has 0 aliphatic rings. The molecule has 11 N–H and O–H groups in total. The van der Waals surface area contributed by atoms with E-state index < -0.39 is 57.4 Å². The van der Waals surface area contributed by atoms with E-state index in [2.05, 4.69) is 119 Å². The lowest BCUT2D eigenvalue weighted by Crippen LogP contribution is -2.18. The molecule has 28 nitrogen and oxygen atoms in total. The van der Waals surface area contributed by atoms with Crippen LogP contribution in [0.2, 0.25) is 0 Å². The molecular weight excluding hydrogens is 2070 g/mol. The molecule has 0 aliphatic heterocycles. The van der Waals surface area contributed by atoms with Gasteiger partial charge in [-0.05, 0) is 296 Å². The fourth-order valence-corrected chi connectivity index (χ4v) is 17.9. The van der Waals surface area contributed by atoms with Gasteiger partial charge in [-0.1, -0.05) is 80.5 Å². The second kappa shape index (κ2) is 45.3. The highest BCUT2D eigenvalue weighted by atomic mass is 79.9. The minimum Gasteiger partial charge on any atom is -0.398 e. The van der Waals surface area contributed by atoms with Crippen molar-refractivity contribution in [2.45, 2.75) is 148 Å². The number of hydrogen-bond acceptors (Lipinski definition) is 23. The van der Waals surface area contributed by atoms with Crippen LogP contribution in [0.3, 0.4) is 0 Å². The monoisotopic (exact) mass is 2160 g/mol. The van der Waals surface area contributed by atoms with Crippen LogP contribution in [0.25, 0.3) is 71.6 Å². The molecule has 0 aliphatic carbocycles. The summed E-state index contributed by atoms with van der Waals surface area (Å²) in [5.74, 6) is 4.59. The molecule has 0 radical (unpaired) electrons. The number of aryl methyl sites for hydroxylation is 3. The number of ketones is 3. The highest BCUT2D eigenvalue weighted by molar-refractivity contribution is 9.11. The highest BCUT2D eigenvalue weighted by Crippen LogP contribution is 2.37. The Kier molecular flexibility index (Phi) is 35.6. The first-order valence-electron chi connectivity index (χ1n) is 41.0. The summed E-state index contributed by atoms with van der Waals surface area (Å²) >= 11 is 13.8. The Morgan fingerprint density at radius 1 is 0.415 bits per heavy atom. The third kappa shape index (κ3) is 27.9. The number of benzene rings is 8. The zero-order valence-corrected chi connectivity index (χ0v) is 85.4. The lowest BCUT2D eigenvalue weighted by Gasteiger charge is -2.20. The fourth-order valence-electron chi connectivity index (χ4n) is 13.3. The molecule has 8 aromatic carbocycles. The lowest BCUT2D eigenvalue weighted by molar-refractivity contribution is -0.124. The van der Waals surface area contributed by atoms with Crippen molar-refractivity contribution < 1.29 is 52.8 Å². The van der Waals surface area contributed by atoms with Crippen LogP contribution in [0.4, 0.5) is 47.7 Å². The van der Waals surface area contributed by atoms with E-state index in [0.717, 1.165) is 108 Å². The Morgan fingerprint density at radius 2 is 0.733 bits per heavy atom. The molecule has 0 spiro atoms. The molecule has 8 heterocycles. The van der Waals surface area contributed by atoms with Gasteiger partial charge in [-0.25, -0.2) is 52.5 Å². The van der Waals surface area contributed by atoms with Gasteiger partial charge in [0.1, 0.15) is 52.3 Å². The number of nitrogens with one attached hydrogen (secondary N) is 3. The Bertz CT molecular complexity index is 7260. The van der Waals surface area contributed by atoms with E-state index in [9.17, 15) is 52.8 Å². The van der Waals surface area contributed by atoms with Crippen LogP contribution in [0.1, 0.15) is 130 Å². The summed E-state index contributed by atoms with van der Waals surface area (Å²) in [6.07, 6.45) is 8.73. The van der Waals surface area contributed by atoms with Gasteiger partial charge in [0, 0.05) is 110 Å². The summed E-state index contributed by atoms with van der Waals surface area (Å²) in [5, 5.41) is 25.6. The van der Waals surface area contributed by atoms with E-state index >= 15 is 0 Å². The number of pyridine rings is 5. The predicted molar refractivity (Wildman–Crippen MR) is 543 cm³/mol. The van der Waals surface area contributed by atoms with Crippen LogP contribution in [0.15, 0.2) is 258 Å². The number of hydrazine groups is 1. The number of halogens is 8. The smallest absolute Gasteiger partial charge is 0.263 e. The van der Waals surface area contributed by atoms with Crippen molar-refractivity contribution in [1.29, 1.82) is 5.26 Å². The maximum atomic E-state index is 14.7. The van der Waals surface area contributed by atoms with E-state index in [0.29, 0.717) is 56.5 Å². The summed E-state index contributed by atoms with van der Waals surface area (Å²) in [5.41, 5.74) is 31.1. The first-order valence-corrected chi connectivity index (χ1v) is 49.4. The molecule has 0 saturated carbocycles. The molecule has 39 heteroatoms. The fraction of sp³-hybridized carbons (Fsp3) is 0.208. The second-order valence-electron chi connectivity index (χ2n) is 33.4. The van der Waals surface area contributed by atoms with Crippen LogP contribution < -0.4 is 37.9 Å².